The van der Waals surface area contributed by atoms with Crippen LogP contribution in [-0.2, 0) is 15.7 Å². The van der Waals surface area contributed by atoms with E-state index in [4.69, 9.17) is 19.2 Å². The topological polar surface area (TPSA) is 120 Å². The van der Waals surface area contributed by atoms with Gasteiger partial charge in [0.1, 0.15) is 35.2 Å². The van der Waals surface area contributed by atoms with Gasteiger partial charge in [-0.25, -0.2) is 4.98 Å². The number of hydrogen-bond donors (Lipinski definition) is 2. The van der Waals surface area contributed by atoms with Crippen molar-refractivity contribution in [3.63, 3.8) is 0 Å². The Morgan fingerprint density at radius 3 is 2.16 bits per heavy atom. The number of anilines is 5. The molecule has 1 aliphatic carbocycles. The number of ether oxygens (including phenoxy) is 3. The summed E-state index contributed by atoms with van der Waals surface area (Å²) in [5.41, 5.74) is 3.26. The highest BCUT2D eigenvalue weighted by Gasteiger charge is 2.33. The number of aryl methyl sites for hydroxylation is 1. The van der Waals surface area contributed by atoms with Crippen LogP contribution < -0.4 is 30.4 Å². The van der Waals surface area contributed by atoms with Crippen LogP contribution in [0.5, 0.6) is 11.6 Å². The lowest BCUT2D eigenvalue weighted by atomic mass is 10.2. The van der Waals surface area contributed by atoms with Crippen molar-refractivity contribution in [3.05, 3.63) is 179 Å². The van der Waals surface area contributed by atoms with E-state index in [-0.39, 0.29) is 54.5 Å². The number of benzene rings is 3. The largest absolute Gasteiger partial charge is 0.490 e. The van der Waals surface area contributed by atoms with Gasteiger partial charge in [0.2, 0.25) is 5.88 Å². The molecule has 0 fully saturated rings. The minimum Gasteiger partial charge on any atom is -0.490 e. The summed E-state index contributed by atoms with van der Waals surface area (Å²) in [4.78, 5) is 36.2. The Balaban J connectivity index is 0.000000244. The fourth-order valence-corrected chi connectivity index (χ4v) is 6.61. The molecule has 0 aliphatic heterocycles. The van der Waals surface area contributed by atoms with Crippen LogP contribution in [0.3, 0.4) is 0 Å². The van der Waals surface area contributed by atoms with E-state index in [0.717, 1.165) is 35.6 Å². The zero-order valence-corrected chi connectivity index (χ0v) is 38.8. The molecular weight excluding hydrogens is 858 g/mol. The Hall–Kier alpha value is -7.45. The molecule has 0 radical (unpaired) electrons. The number of halogens is 3. The quantitative estimate of drug-likeness (QED) is 0.0717. The van der Waals surface area contributed by atoms with Crippen LogP contribution in [0.1, 0.15) is 58.7 Å². The predicted molar refractivity (Wildman–Crippen MR) is 263 cm³/mol. The maximum atomic E-state index is 13.8. The van der Waals surface area contributed by atoms with Crippen molar-refractivity contribution < 1.29 is 32.2 Å². The zero-order chi connectivity index (χ0) is 48.3. The molecule has 1 aliphatic rings. The molecule has 0 saturated carbocycles. The summed E-state index contributed by atoms with van der Waals surface area (Å²) in [6, 6.07) is 32.7. The summed E-state index contributed by atoms with van der Waals surface area (Å²) in [7, 11) is 1.46. The molecule has 0 bridgehead atoms. The predicted octanol–water partition coefficient (Wildman–Crippen LogP) is 12.8. The van der Waals surface area contributed by atoms with Gasteiger partial charge in [0.15, 0.2) is 16.9 Å². The summed E-state index contributed by atoms with van der Waals surface area (Å²) in [6.07, 6.45) is 8.00. The summed E-state index contributed by atoms with van der Waals surface area (Å²) >= 11 is 0. The number of rotatable bonds is 16. The molecule has 3 aromatic heterocycles. The maximum Gasteiger partial charge on any atom is 0.416 e. The number of alkyl halides is 3. The first-order chi connectivity index (χ1) is 32.3. The van der Waals surface area contributed by atoms with Crippen LogP contribution in [0.4, 0.5) is 41.9 Å². The standard InChI is InChI=1S/C26H26F3N3O3.C25H25N3O2.C2H6/c1-3-22(33)18-24(30-20-10-6-4-7-11-20)32(21-12-8-5-9-13-21)23-16-19(26(27,28)29)17-25(31-23)35-15-14-34-2;1-17(2)30-22-15-18(3)26-25-24(22)21(29)16-23(27-19-11-7-6-8-12-19)28(25)20-13-9-4-5-10-14-20;1-2/h4-13,16-18,30H,3,14-15H2,1-2H3;4,6-17,27H,5H2,1-3H3;1-2H3/b24-18-;;. The van der Waals surface area contributed by atoms with Crippen molar-refractivity contribution in [2.45, 2.75) is 66.7 Å². The van der Waals surface area contributed by atoms with E-state index in [9.17, 15) is 22.8 Å². The molecule has 14 heteroatoms. The molecule has 0 unspecified atom stereocenters. The van der Waals surface area contributed by atoms with Crippen LogP contribution in [0.2, 0.25) is 0 Å². The molecule has 0 atom stereocenters. The monoisotopic (exact) mass is 914 g/mol. The third kappa shape index (κ3) is 14.3. The average Bonchev–Trinajstić information content (AvgIpc) is 3.60. The Morgan fingerprint density at radius 2 is 1.54 bits per heavy atom. The molecule has 7 rings (SSSR count). The van der Waals surface area contributed by atoms with Gasteiger partial charge in [-0.2, -0.15) is 18.2 Å². The van der Waals surface area contributed by atoms with Gasteiger partial charge in [-0.05, 0) is 81.8 Å². The fourth-order valence-electron chi connectivity index (χ4n) is 6.61. The molecule has 2 N–H and O–H groups in total. The van der Waals surface area contributed by atoms with Crippen molar-refractivity contribution in [2.75, 3.05) is 35.9 Å². The second kappa shape index (κ2) is 24.7. The molecule has 0 amide bonds. The molecular formula is C53H57F3N6O5. The van der Waals surface area contributed by atoms with E-state index in [0.29, 0.717) is 34.0 Å². The number of hydrogen-bond acceptors (Lipinski definition) is 10. The van der Waals surface area contributed by atoms with Crippen LogP contribution >= 0.6 is 0 Å². The molecule has 3 aromatic carbocycles. The highest BCUT2D eigenvalue weighted by Crippen LogP contribution is 2.37. The first-order valence-corrected chi connectivity index (χ1v) is 22.1. The van der Waals surface area contributed by atoms with E-state index in [1.54, 1.807) is 67.6 Å². The number of methoxy groups -OCH3 is 1. The number of para-hydroxylation sites is 3. The molecule has 350 valence electrons. The molecule has 0 spiro atoms. The zero-order valence-electron chi connectivity index (χ0n) is 38.8. The molecule has 67 heavy (non-hydrogen) atoms. The van der Waals surface area contributed by atoms with Crippen molar-refractivity contribution in [1.29, 1.82) is 0 Å². The van der Waals surface area contributed by atoms with Crippen LogP contribution in [0, 0.1) is 6.92 Å². The first kappa shape index (κ1) is 50.5. The Morgan fingerprint density at radius 1 is 0.881 bits per heavy atom. The number of nitrogens with zero attached hydrogens (tertiary/aromatic N) is 4. The highest BCUT2D eigenvalue weighted by atomic mass is 19.4. The number of allylic oxidation sites excluding steroid dienone is 7. The normalized spacial score (nSPS) is 12.2. The summed E-state index contributed by atoms with van der Waals surface area (Å²) < 4.78 is 59.7. The van der Waals surface area contributed by atoms with Crippen LogP contribution in [-0.4, -0.2) is 46.7 Å². The van der Waals surface area contributed by atoms with Gasteiger partial charge in [-0.15, -0.1) is 0 Å². The van der Waals surface area contributed by atoms with E-state index in [1.165, 1.54) is 18.1 Å². The van der Waals surface area contributed by atoms with Gasteiger partial charge in [-0.1, -0.05) is 93.6 Å². The number of pyridine rings is 3. The number of fused-ring (bicyclic) bond motifs is 1. The summed E-state index contributed by atoms with van der Waals surface area (Å²) in [5, 5.41) is 7.02. The van der Waals surface area contributed by atoms with Gasteiger partial charge in [0, 0.05) is 66.3 Å². The van der Waals surface area contributed by atoms with Gasteiger partial charge >= 0.3 is 6.18 Å². The van der Waals surface area contributed by atoms with E-state index in [1.807, 2.05) is 99.9 Å². The van der Waals surface area contributed by atoms with Crippen LogP contribution in [0.15, 0.2) is 162 Å². The SMILES string of the molecule is CC.CCC(=O)/C=C(/Nc1ccccc1)N(c1ccccc1)c1cc(C(F)(F)F)cc(OCCOC)n1.Cc1cc(OC(C)C)c2c(=O)cc(Nc3ccccc3)n(C3=CC=CCC=C3)c2n1. The third-order valence-electron chi connectivity index (χ3n) is 9.52. The van der Waals surface area contributed by atoms with E-state index >= 15 is 0 Å². The number of ketones is 1. The van der Waals surface area contributed by atoms with Crippen molar-refractivity contribution in [3.8, 4) is 11.6 Å². The summed E-state index contributed by atoms with van der Waals surface area (Å²) in [6.45, 7) is 11.7. The number of aromatic nitrogens is 3. The Kier molecular flexibility index (Phi) is 18.7. The van der Waals surface area contributed by atoms with Gasteiger partial charge in [0.25, 0.3) is 0 Å². The van der Waals surface area contributed by atoms with Gasteiger partial charge < -0.3 is 24.8 Å². The Bertz CT molecular complexity index is 2740. The first-order valence-electron chi connectivity index (χ1n) is 22.1. The molecule has 0 saturated heterocycles. The summed E-state index contributed by atoms with van der Waals surface area (Å²) in [5.74, 6) is 0.951. The Labute approximate surface area is 390 Å². The van der Waals surface area contributed by atoms with Gasteiger partial charge in [-0.3, -0.25) is 19.1 Å². The second-order valence-corrected chi connectivity index (χ2v) is 14.9. The average molecular weight is 915 g/mol. The maximum absolute atomic E-state index is 13.8. The fraction of sp³-hybridized carbons (Fsp3) is 0.245. The van der Waals surface area contributed by atoms with E-state index in [2.05, 4.69) is 27.8 Å². The van der Waals surface area contributed by atoms with Gasteiger partial charge in [0.05, 0.1) is 18.3 Å². The minimum absolute atomic E-state index is 0.0227. The lowest BCUT2D eigenvalue weighted by molar-refractivity contribution is -0.137. The number of carbonyl (C=O) groups excluding carboxylic acids is 1. The van der Waals surface area contributed by atoms with Crippen molar-refractivity contribution in [1.82, 2.24) is 14.5 Å². The molecule has 3 heterocycles. The smallest absolute Gasteiger partial charge is 0.416 e. The lowest BCUT2D eigenvalue weighted by Crippen LogP contribution is -2.25. The number of carbonyl (C=O) groups is 1. The molecule has 11 nitrogen and oxygen atoms in total. The van der Waals surface area contributed by atoms with Crippen LogP contribution in [0.25, 0.3) is 16.7 Å². The molecule has 6 aromatic rings. The highest BCUT2D eigenvalue weighted by molar-refractivity contribution is 5.92. The lowest BCUT2D eigenvalue weighted by Gasteiger charge is -2.28. The third-order valence-corrected chi connectivity index (χ3v) is 9.52. The van der Waals surface area contributed by atoms with Crippen molar-refractivity contribution >= 4 is 51.2 Å². The van der Waals surface area contributed by atoms with E-state index < -0.39 is 11.7 Å². The minimum atomic E-state index is -4.64. The van der Waals surface area contributed by atoms with Crippen molar-refractivity contribution in [2.24, 2.45) is 0 Å². The number of nitrogens with one attached hydrogen (secondary N) is 2. The second-order valence-electron chi connectivity index (χ2n) is 14.9.